The highest BCUT2D eigenvalue weighted by molar-refractivity contribution is 8.00. The van der Waals surface area contributed by atoms with Gasteiger partial charge in [-0.05, 0) is 46.5 Å². The summed E-state index contributed by atoms with van der Waals surface area (Å²) in [6.45, 7) is 6.64. The molecule has 0 bridgehead atoms. The second kappa shape index (κ2) is 10.8. The van der Waals surface area contributed by atoms with Crippen molar-refractivity contribution in [2.45, 2.75) is 82.2 Å². The second-order valence-corrected chi connectivity index (χ2v) is 9.63. The van der Waals surface area contributed by atoms with E-state index in [1.54, 1.807) is 0 Å². The van der Waals surface area contributed by atoms with Gasteiger partial charge in [0.15, 0.2) is 0 Å². The Morgan fingerprint density at radius 1 is 1.11 bits per heavy atom. The quantitative estimate of drug-likeness (QED) is 0.323. The van der Waals surface area contributed by atoms with Gasteiger partial charge < -0.3 is 26.0 Å². The van der Waals surface area contributed by atoms with E-state index >= 15 is 0 Å². The molecule has 2 saturated heterocycles. The van der Waals surface area contributed by atoms with Crippen LogP contribution in [0.5, 0.6) is 0 Å². The molecule has 9 heteroatoms. The van der Waals surface area contributed by atoms with Crippen LogP contribution in [0.2, 0.25) is 0 Å². The molecule has 4 N–H and O–H groups in total. The fourth-order valence-electron chi connectivity index (χ4n) is 3.34. The molecular weight excluding hydrogens is 380 g/mol. The number of carbonyl (C=O) groups excluding carboxylic acids is 3. The van der Waals surface area contributed by atoms with Gasteiger partial charge in [-0.3, -0.25) is 4.79 Å². The van der Waals surface area contributed by atoms with Crippen molar-refractivity contribution in [1.82, 2.24) is 21.3 Å². The Hall–Kier alpha value is -1.64. The lowest BCUT2D eigenvalue weighted by atomic mass is 10.0. The second-order valence-electron chi connectivity index (χ2n) is 8.35. The lowest BCUT2D eigenvalue weighted by Gasteiger charge is -2.19. The predicted molar refractivity (Wildman–Crippen MR) is 110 cm³/mol. The number of ether oxygens (including phenoxy) is 1. The van der Waals surface area contributed by atoms with Crippen LogP contribution in [0, 0.1) is 0 Å². The van der Waals surface area contributed by atoms with Crippen molar-refractivity contribution in [3.05, 3.63) is 0 Å². The zero-order valence-electron chi connectivity index (χ0n) is 17.1. The Morgan fingerprint density at radius 2 is 1.82 bits per heavy atom. The van der Waals surface area contributed by atoms with Crippen LogP contribution in [0.4, 0.5) is 9.59 Å². The number of hydrogen-bond acceptors (Lipinski definition) is 5. The molecule has 28 heavy (non-hydrogen) atoms. The lowest BCUT2D eigenvalue weighted by molar-refractivity contribution is -0.121. The number of hydrogen-bond donors (Lipinski definition) is 4. The summed E-state index contributed by atoms with van der Waals surface area (Å²) in [5.74, 6) is 1.05. The average Bonchev–Trinajstić information content (AvgIpc) is 3.12. The number of thioether (sulfide) groups is 1. The zero-order chi connectivity index (χ0) is 20.6. The van der Waals surface area contributed by atoms with Crippen molar-refractivity contribution in [2.24, 2.45) is 0 Å². The van der Waals surface area contributed by atoms with Crippen molar-refractivity contribution >= 4 is 29.8 Å². The number of carbonyl (C=O) groups is 3. The maximum atomic E-state index is 11.9. The Balaban J connectivity index is 1.42. The number of alkyl carbamates (subject to hydrolysis) is 1. The van der Waals surface area contributed by atoms with Gasteiger partial charge in [0.1, 0.15) is 5.60 Å². The van der Waals surface area contributed by atoms with E-state index in [-0.39, 0.29) is 24.0 Å². The van der Waals surface area contributed by atoms with E-state index in [0.29, 0.717) is 24.8 Å². The van der Waals surface area contributed by atoms with E-state index in [1.165, 1.54) is 0 Å². The van der Waals surface area contributed by atoms with Crippen molar-refractivity contribution in [3.63, 3.8) is 0 Å². The highest BCUT2D eigenvalue weighted by Gasteiger charge is 2.42. The largest absolute Gasteiger partial charge is 0.444 e. The van der Waals surface area contributed by atoms with Crippen LogP contribution in [-0.2, 0) is 9.53 Å². The first-order valence-electron chi connectivity index (χ1n) is 10.2. The number of urea groups is 1. The van der Waals surface area contributed by atoms with Gasteiger partial charge in [0.25, 0.3) is 0 Å². The van der Waals surface area contributed by atoms with Crippen LogP contribution in [0.3, 0.4) is 0 Å². The van der Waals surface area contributed by atoms with Crippen LogP contribution in [0.1, 0.15) is 59.3 Å². The molecule has 2 fully saturated rings. The summed E-state index contributed by atoms with van der Waals surface area (Å²) in [7, 11) is 0. The first kappa shape index (κ1) is 22.6. The van der Waals surface area contributed by atoms with E-state index in [1.807, 2.05) is 32.5 Å². The molecule has 2 heterocycles. The van der Waals surface area contributed by atoms with Crippen molar-refractivity contribution in [2.75, 3.05) is 18.8 Å². The fraction of sp³-hybridized carbons (Fsp3) is 0.842. The first-order chi connectivity index (χ1) is 13.2. The number of nitrogens with one attached hydrogen (secondary N) is 4. The Kier molecular flexibility index (Phi) is 8.72. The number of unbranched alkanes of at least 4 members (excludes halogenated alkanes) is 2. The number of rotatable bonds is 10. The van der Waals surface area contributed by atoms with Gasteiger partial charge in [-0.2, -0.15) is 11.8 Å². The van der Waals surface area contributed by atoms with Gasteiger partial charge in [0, 0.05) is 30.5 Å². The summed E-state index contributed by atoms with van der Waals surface area (Å²) in [6.07, 6.45) is 4.61. The Labute approximate surface area is 171 Å². The van der Waals surface area contributed by atoms with E-state index in [9.17, 15) is 14.4 Å². The molecule has 3 unspecified atom stereocenters. The first-order valence-corrected chi connectivity index (χ1v) is 11.2. The normalized spacial score (nSPS) is 23.5. The Bertz CT molecular complexity index is 553. The third-order valence-electron chi connectivity index (χ3n) is 4.67. The summed E-state index contributed by atoms with van der Waals surface area (Å²) in [6, 6.07) is 0.442. The molecule has 8 nitrogen and oxygen atoms in total. The molecule has 2 aliphatic rings. The molecule has 0 spiro atoms. The third-order valence-corrected chi connectivity index (χ3v) is 6.18. The highest BCUT2D eigenvalue weighted by atomic mass is 32.2. The highest BCUT2D eigenvalue weighted by Crippen LogP contribution is 2.33. The SMILES string of the molecule is CC(C)(C)OC(=O)NCCCCNC(=O)CCCCC1SCC2NC(=O)NC21. The van der Waals surface area contributed by atoms with E-state index < -0.39 is 11.7 Å². The summed E-state index contributed by atoms with van der Waals surface area (Å²) in [4.78, 5) is 34.7. The topological polar surface area (TPSA) is 109 Å². The molecule has 0 radical (unpaired) electrons. The lowest BCUT2D eigenvalue weighted by Crippen LogP contribution is -2.36. The van der Waals surface area contributed by atoms with Gasteiger partial charge in [0.2, 0.25) is 5.91 Å². The van der Waals surface area contributed by atoms with Crippen LogP contribution < -0.4 is 21.3 Å². The minimum atomic E-state index is -0.488. The van der Waals surface area contributed by atoms with E-state index in [4.69, 9.17) is 4.74 Å². The van der Waals surface area contributed by atoms with Crippen molar-refractivity contribution in [1.29, 1.82) is 0 Å². The summed E-state index contributed by atoms with van der Waals surface area (Å²) < 4.78 is 5.16. The molecule has 160 valence electrons. The smallest absolute Gasteiger partial charge is 0.407 e. The average molecular weight is 415 g/mol. The maximum Gasteiger partial charge on any atom is 0.407 e. The molecule has 2 rings (SSSR count). The van der Waals surface area contributed by atoms with Crippen LogP contribution >= 0.6 is 11.8 Å². The standard InChI is InChI=1S/C19H34N4O4S/c1-19(2,3)27-18(26)21-11-7-6-10-20-15(24)9-5-4-8-14-16-13(12-28-14)22-17(25)23-16/h13-14,16H,4-12H2,1-3H3,(H,20,24)(H,21,26)(H2,22,23,25). The van der Waals surface area contributed by atoms with Gasteiger partial charge in [-0.25, -0.2) is 9.59 Å². The van der Waals surface area contributed by atoms with E-state index in [0.717, 1.165) is 37.9 Å². The predicted octanol–water partition coefficient (Wildman–Crippen LogP) is 2.13. The molecule has 0 aromatic heterocycles. The zero-order valence-corrected chi connectivity index (χ0v) is 18.0. The monoisotopic (exact) mass is 414 g/mol. The molecule has 0 aromatic rings. The van der Waals surface area contributed by atoms with Crippen LogP contribution in [0.25, 0.3) is 0 Å². The third kappa shape index (κ3) is 8.16. The summed E-state index contributed by atoms with van der Waals surface area (Å²) >= 11 is 1.90. The number of fused-ring (bicyclic) bond motifs is 1. The molecular formula is C19H34N4O4S. The molecule has 0 aromatic carbocycles. The van der Waals surface area contributed by atoms with Gasteiger partial charge >= 0.3 is 12.1 Å². The number of amides is 4. The Morgan fingerprint density at radius 3 is 2.54 bits per heavy atom. The van der Waals surface area contributed by atoms with E-state index in [2.05, 4.69) is 21.3 Å². The fourth-order valence-corrected chi connectivity index (χ4v) is 4.89. The van der Waals surface area contributed by atoms with Crippen molar-refractivity contribution < 1.29 is 19.1 Å². The molecule has 3 atom stereocenters. The molecule has 0 aliphatic carbocycles. The summed E-state index contributed by atoms with van der Waals surface area (Å²) in [5.41, 5.74) is -0.488. The van der Waals surface area contributed by atoms with Gasteiger partial charge in [0.05, 0.1) is 12.1 Å². The minimum Gasteiger partial charge on any atom is -0.444 e. The maximum absolute atomic E-state index is 11.9. The van der Waals surface area contributed by atoms with Gasteiger partial charge in [-0.1, -0.05) is 6.42 Å². The minimum absolute atomic E-state index is 0.0547. The molecule has 4 amide bonds. The van der Waals surface area contributed by atoms with Gasteiger partial charge in [-0.15, -0.1) is 0 Å². The molecule has 2 aliphatic heterocycles. The van der Waals surface area contributed by atoms with Crippen molar-refractivity contribution in [3.8, 4) is 0 Å². The molecule has 0 saturated carbocycles. The van der Waals surface area contributed by atoms with Crippen LogP contribution in [-0.4, -0.2) is 59.8 Å². The van der Waals surface area contributed by atoms with Crippen LogP contribution in [0.15, 0.2) is 0 Å². The summed E-state index contributed by atoms with van der Waals surface area (Å²) in [5, 5.41) is 12.0.